The molecule has 3 rings (SSSR count). The fourth-order valence-electron chi connectivity index (χ4n) is 3.75. The first-order valence-electron chi connectivity index (χ1n) is 8.61. The van der Waals surface area contributed by atoms with Crippen molar-refractivity contribution in [2.45, 2.75) is 38.5 Å². The first-order valence-corrected chi connectivity index (χ1v) is 9.55. The van der Waals surface area contributed by atoms with Crippen LogP contribution in [0.5, 0.6) is 5.75 Å². The zero-order chi connectivity index (χ0) is 16.3. The van der Waals surface area contributed by atoms with Crippen molar-refractivity contribution in [3.63, 3.8) is 0 Å². The number of likely N-dealkylation sites (tertiary alicyclic amines) is 1. The van der Waals surface area contributed by atoms with E-state index in [1.807, 2.05) is 12.1 Å². The van der Waals surface area contributed by atoms with Gasteiger partial charge in [-0.25, -0.2) is 0 Å². The zero-order valence-corrected chi connectivity index (χ0v) is 15.0. The molecule has 1 aromatic carbocycles. The first-order chi connectivity index (χ1) is 11.1. The molecule has 1 N–H and O–H groups in total. The third-order valence-corrected chi connectivity index (χ3v) is 6.32. The van der Waals surface area contributed by atoms with E-state index in [9.17, 15) is 5.11 Å². The van der Waals surface area contributed by atoms with Gasteiger partial charge in [-0.2, -0.15) is 11.3 Å². The molecular formula is C20H27NOS. The Morgan fingerprint density at radius 1 is 1.35 bits per heavy atom. The largest absolute Gasteiger partial charge is 0.508 e. The molecule has 0 bridgehead atoms. The summed E-state index contributed by atoms with van der Waals surface area (Å²) in [5.74, 6) is 0.980. The molecule has 124 valence electrons. The highest BCUT2D eigenvalue weighted by Gasteiger charge is 2.37. The summed E-state index contributed by atoms with van der Waals surface area (Å²) in [7, 11) is 0. The van der Waals surface area contributed by atoms with Gasteiger partial charge in [0.1, 0.15) is 5.75 Å². The number of hydrogen-bond acceptors (Lipinski definition) is 3. The van der Waals surface area contributed by atoms with Gasteiger partial charge < -0.3 is 10.0 Å². The van der Waals surface area contributed by atoms with E-state index in [2.05, 4.69) is 41.6 Å². The minimum absolute atomic E-state index is 0.169. The number of rotatable bonds is 5. The summed E-state index contributed by atoms with van der Waals surface area (Å²) in [6.07, 6.45) is 3.60. The molecule has 1 saturated heterocycles. The Balaban J connectivity index is 1.56. The van der Waals surface area contributed by atoms with Gasteiger partial charge in [0.2, 0.25) is 0 Å². The molecule has 2 atom stereocenters. The van der Waals surface area contributed by atoms with E-state index in [0.29, 0.717) is 11.7 Å². The smallest absolute Gasteiger partial charge is 0.115 e. The second-order valence-electron chi connectivity index (χ2n) is 7.15. The highest BCUT2D eigenvalue weighted by molar-refractivity contribution is 7.07. The lowest BCUT2D eigenvalue weighted by atomic mass is 9.68. The number of thiophene rings is 1. The summed E-state index contributed by atoms with van der Waals surface area (Å²) in [5.41, 5.74) is 2.93. The predicted octanol–water partition coefficient (Wildman–Crippen LogP) is 4.69. The number of aryl methyl sites for hydroxylation is 1. The second-order valence-corrected chi connectivity index (χ2v) is 7.93. The number of phenolic OH excluding ortho intramolecular Hbond substituents is 1. The average molecular weight is 330 g/mol. The van der Waals surface area contributed by atoms with Crippen molar-refractivity contribution >= 4 is 11.3 Å². The van der Waals surface area contributed by atoms with E-state index in [1.165, 1.54) is 30.5 Å². The van der Waals surface area contributed by atoms with Crippen molar-refractivity contribution < 1.29 is 5.11 Å². The molecule has 1 aliphatic rings. The summed E-state index contributed by atoms with van der Waals surface area (Å²) >= 11 is 1.79. The third-order valence-electron chi connectivity index (χ3n) is 5.59. The summed E-state index contributed by atoms with van der Waals surface area (Å²) < 4.78 is 0. The van der Waals surface area contributed by atoms with Crippen molar-refractivity contribution in [2.75, 3.05) is 19.6 Å². The predicted molar refractivity (Wildman–Crippen MR) is 98.3 cm³/mol. The first kappa shape index (κ1) is 16.5. The molecular weight excluding hydrogens is 302 g/mol. The van der Waals surface area contributed by atoms with E-state index in [0.717, 1.165) is 19.5 Å². The van der Waals surface area contributed by atoms with E-state index < -0.39 is 0 Å². The fraction of sp³-hybridized carbons (Fsp3) is 0.500. The van der Waals surface area contributed by atoms with Crippen molar-refractivity contribution in [3.8, 4) is 5.75 Å². The van der Waals surface area contributed by atoms with Crippen LogP contribution in [0.2, 0.25) is 0 Å². The van der Waals surface area contributed by atoms with Crippen molar-refractivity contribution in [2.24, 2.45) is 5.92 Å². The van der Waals surface area contributed by atoms with Gasteiger partial charge in [-0.1, -0.05) is 26.0 Å². The van der Waals surface area contributed by atoms with Crippen LogP contribution >= 0.6 is 11.3 Å². The monoisotopic (exact) mass is 329 g/mol. The van der Waals surface area contributed by atoms with Gasteiger partial charge in [0.05, 0.1) is 0 Å². The van der Waals surface area contributed by atoms with Crippen LogP contribution in [-0.4, -0.2) is 29.6 Å². The highest BCUT2D eigenvalue weighted by atomic mass is 32.1. The van der Waals surface area contributed by atoms with Crippen molar-refractivity contribution in [1.29, 1.82) is 0 Å². The fourth-order valence-corrected chi connectivity index (χ4v) is 4.45. The normalized spacial score (nSPS) is 25.6. The number of benzene rings is 1. The molecule has 0 saturated carbocycles. The molecule has 0 radical (unpaired) electrons. The molecule has 3 heteroatoms. The maximum atomic E-state index is 9.79. The number of aromatic hydroxyl groups is 1. The van der Waals surface area contributed by atoms with E-state index >= 15 is 0 Å². The Kier molecular flexibility index (Phi) is 5.08. The summed E-state index contributed by atoms with van der Waals surface area (Å²) in [6.45, 7) is 8.20. The van der Waals surface area contributed by atoms with Gasteiger partial charge in [0.15, 0.2) is 0 Å². The molecule has 1 aliphatic heterocycles. The Bertz CT molecular complexity index is 624. The number of nitrogens with zero attached hydrogens (tertiary/aromatic N) is 1. The molecule has 0 spiro atoms. The number of phenols is 1. The van der Waals surface area contributed by atoms with Crippen LogP contribution < -0.4 is 0 Å². The van der Waals surface area contributed by atoms with Gasteiger partial charge in [-0.3, -0.25) is 0 Å². The molecule has 2 aromatic rings. The van der Waals surface area contributed by atoms with Crippen LogP contribution in [0.1, 0.15) is 37.8 Å². The topological polar surface area (TPSA) is 23.5 Å². The van der Waals surface area contributed by atoms with Gasteiger partial charge in [0.25, 0.3) is 0 Å². The molecule has 2 heterocycles. The molecule has 2 nitrogen and oxygen atoms in total. The van der Waals surface area contributed by atoms with Gasteiger partial charge in [-0.05, 0) is 83.8 Å². The van der Waals surface area contributed by atoms with Crippen LogP contribution in [0, 0.1) is 5.92 Å². The van der Waals surface area contributed by atoms with Gasteiger partial charge in [0, 0.05) is 6.54 Å². The zero-order valence-electron chi connectivity index (χ0n) is 14.2. The van der Waals surface area contributed by atoms with Crippen molar-refractivity contribution in [3.05, 3.63) is 52.2 Å². The molecule has 1 fully saturated rings. The molecule has 0 unspecified atom stereocenters. The Labute approximate surface area is 143 Å². The molecule has 23 heavy (non-hydrogen) atoms. The average Bonchev–Trinajstić information content (AvgIpc) is 3.04. The Morgan fingerprint density at radius 2 is 2.22 bits per heavy atom. The molecule has 0 aliphatic carbocycles. The summed E-state index contributed by atoms with van der Waals surface area (Å²) in [4.78, 5) is 2.61. The minimum Gasteiger partial charge on any atom is -0.508 e. The van der Waals surface area contributed by atoms with Gasteiger partial charge in [-0.15, -0.1) is 0 Å². The van der Waals surface area contributed by atoms with Crippen LogP contribution in [-0.2, 0) is 11.8 Å². The lowest BCUT2D eigenvalue weighted by Gasteiger charge is -2.45. The third kappa shape index (κ3) is 3.78. The lowest BCUT2D eigenvalue weighted by Crippen LogP contribution is -2.47. The van der Waals surface area contributed by atoms with E-state index in [4.69, 9.17) is 0 Å². The van der Waals surface area contributed by atoms with Gasteiger partial charge >= 0.3 is 0 Å². The van der Waals surface area contributed by atoms with Crippen LogP contribution in [0.3, 0.4) is 0 Å². The standard InChI is InChI=1S/C20H27NOS/c1-16-14-21(10-4-5-17-8-12-23-15-17)11-9-20(16,2)18-6-3-7-19(22)13-18/h3,6-8,12-13,15-16,22H,4-5,9-11,14H2,1-2H3/t16-,20+/m1/s1. The maximum Gasteiger partial charge on any atom is 0.115 e. The molecule has 0 amide bonds. The second kappa shape index (κ2) is 7.06. The quantitative estimate of drug-likeness (QED) is 0.860. The lowest BCUT2D eigenvalue weighted by molar-refractivity contribution is 0.110. The van der Waals surface area contributed by atoms with E-state index in [-0.39, 0.29) is 5.41 Å². The Hall–Kier alpha value is -1.32. The summed E-state index contributed by atoms with van der Waals surface area (Å²) in [5, 5.41) is 14.2. The number of hydrogen-bond donors (Lipinski definition) is 1. The Morgan fingerprint density at radius 3 is 2.91 bits per heavy atom. The minimum atomic E-state index is 0.169. The van der Waals surface area contributed by atoms with Crippen LogP contribution in [0.25, 0.3) is 0 Å². The number of piperidine rings is 1. The van der Waals surface area contributed by atoms with Crippen LogP contribution in [0.15, 0.2) is 41.1 Å². The molecule has 1 aromatic heterocycles. The maximum absolute atomic E-state index is 9.79. The highest BCUT2D eigenvalue weighted by Crippen LogP contribution is 2.40. The summed E-state index contributed by atoms with van der Waals surface area (Å²) in [6, 6.07) is 10.1. The van der Waals surface area contributed by atoms with E-state index in [1.54, 1.807) is 17.4 Å². The van der Waals surface area contributed by atoms with Crippen LogP contribution in [0.4, 0.5) is 0 Å². The SMILES string of the molecule is C[C@@H]1CN(CCCc2ccsc2)CC[C@]1(C)c1cccc(O)c1. The van der Waals surface area contributed by atoms with Crippen molar-refractivity contribution in [1.82, 2.24) is 4.90 Å².